The highest BCUT2D eigenvalue weighted by Gasteiger charge is 2.22. The fourth-order valence-corrected chi connectivity index (χ4v) is 2.18. The number of hydrogen-bond donors (Lipinski definition) is 2. The first-order valence-corrected chi connectivity index (χ1v) is 6.55. The van der Waals surface area contributed by atoms with Gasteiger partial charge in [0.15, 0.2) is 0 Å². The number of rotatable bonds is 3. The van der Waals surface area contributed by atoms with E-state index in [1.165, 1.54) is 5.57 Å². The van der Waals surface area contributed by atoms with Crippen LogP contribution < -0.4 is 10.2 Å². The Morgan fingerprint density at radius 2 is 2.11 bits per heavy atom. The van der Waals surface area contributed by atoms with Crippen LogP contribution >= 0.6 is 0 Å². The van der Waals surface area contributed by atoms with Crippen molar-refractivity contribution >= 4 is 11.6 Å². The summed E-state index contributed by atoms with van der Waals surface area (Å²) in [7, 11) is 0. The Balaban J connectivity index is 2.34. The summed E-state index contributed by atoms with van der Waals surface area (Å²) in [6.45, 7) is 7.94. The molecule has 102 valence electrons. The van der Waals surface area contributed by atoms with Crippen LogP contribution in [-0.4, -0.2) is 30.6 Å². The molecule has 0 spiro atoms. The van der Waals surface area contributed by atoms with E-state index in [9.17, 15) is 9.90 Å². The van der Waals surface area contributed by atoms with Crippen molar-refractivity contribution in [2.45, 2.75) is 20.8 Å². The number of nitrogens with zero attached hydrogens (tertiary/aromatic N) is 1. The first-order valence-electron chi connectivity index (χ1n) is 6.55. The fraction of sp³-hybridized carbons (Fsp3) is 0.400. The standard InChI is InChI=1S/C15H20N2O2/c1-4-17(14-7-13(18)6-5-10(14)2)15(19)11(3)12-8-16-9-12/h5-7,16,18H,4,8-9H2,1-3H3. The van der Waals surface area contributed by atoms with E-state index in [-0.39, 0.29) is 11.7 Å². The van der Waals surface area contributed by atoms with E-state index < -0.39 is 0 Å². The summed E-state index contributed by atoms with van der Waals surface area (Å²) >= 11 is 0. The lowest BCUT2D eigenvalue weighted by Crippen LogP contribution is -2.39. The van der Waals surface area contributed by atoms with E-state index in [0.717, 1.165) is 29.9 Å². The molecule has 1 heterocycles. The van der Waals surface area contributed by atoms with Gasteiger partial charge in [0.2, 0.25) is 0 Å². The normalized spacial score (nSPS) is 13.9. The SMILES string of the molecule is CCN(C(=O)C(C)=C1CNC1)c1cc(O)ccc1C. The summed E-state index contributed by atoms with van der Waals surface area (Å²) in [5, 5.41) is 12.8. The van der Waals surface area contributed by atoms with Crippen LogP contribution in [0, 0.1) is 6.92 Å². The fourth-order valence-electron chi connectivity index (χ4n) is 2.18. The summed E-state index contributed by atoms with van der Waals surface area (Å²) in [4.78, 5) is 14.2. The number of aryl methyl sites for hydroxylation is 1. The number of aromatic hydroxyl groups is 1. The number of carbonyl (C=O) groups is 1. The minimum Gasteiger partial charge on any atom is -0.508 e. The van der Waals surface area contributed by atoms with Gasteiger partial charge >= 0.3 is 0 Å². The highest BCUT2D eigenvalue weighted by atomic mass is 16.3. The predicted octanol–water partition coefficient (Wildman–Crippen LogP) is 1.97. The van der Waals surface area contributed by atoms with E-state index in [2.05, 4.69) is 5.32 Å². The summed E-state index contributed by atoms with van der Waals surface area (Å²) < 4.78 is 0. The monoisotopic (exact) mass is 260 g/mol. The van der Waals surface area contributed by atoms with Crippen LogP contribution in [0.5, 0.6) is 5.75 Å². The molecule has 1 aromatic carbocycles. The second-order valence-corrected chi connectivity index (χ2v) is 4.85. The maximum atomic E-state index is 12.5. The van der Waals surface area contributed by atoms with Crippen LogP contribution in [0.2, 0.25) is 0 Å². The van der Waals surface area contributed by atoms with Crippen LogP contribution in [0.15, 0.2) is 29.3 Å². The number of likely N-dealkylation sites (N-methyl/N-ethyl adjacent to an activating group) is 1. The lowest BCUT2D eigenvalue weighted by molar-refractivity contribution is -0.115. The molecule has 19 heavy (non-hydrogen) atoms. The number of amides is 1. The average molecular weight is 260 g/mol. The Bertz CT molecular complexity index is 529. The van der Waals surface area contributed by atoms with Gasteiger partial charge in [0.05, 0.1) is 5.69 Å². The predicted molar refractivity (Wildman–Crippen MR) is 76.4 cm³/mol. The molecule has 1 aliphatic rings. The van der Waals surface area contributed by atoms with Crippen LogP contribution in [0.25, 0.3) is 0 Å². The molecule has 1 fully saturated rings. The van der Waals surface area contributed by atoms with Gasteiger partial charge in [-0.05, 0) is 38.0 Å². The van der Waals surface area contributed by atoms with E-state index in [4.69, 9.17) is 0 Å². The largest absolute Gasteiger partial charge is 0.508 e. The number of anilines is 1. The molecule has 0 saturated carbocycles. The molecule has 1 aromatic rings. The van der Waals surface area contributed by atoms with Crippen molar-refractivity contribution < 1.29 is 9.90 Å². The van der Waals surface area contributed by atoms with Gasteiger partial charge in [-0.3, -0.25) is 4.79 Å². The molecule has 4 nitrogen and oxygen atoms in total. The zero-order valence-corrected chi connectivity index (χ0v) is 11.7. The van der Waals surface area contributed by atoms with Gasteiger partial charge < -0.3 is 15.3 Å². The van der Waals surface area contributed by atoms with Crippen molar-refractivity contribution in [3.8, 4) is 5.75 Å². The van der Waals surface area contributed by atoms with Crippen LogP contribution in [0.3, 0.4) is 0 Å². The third-order valence-corrected chi connectivity index (χ3v) is 3.57. The molecule has 2 rings (SSSR count). The molecular formula is C15H20N2O2. The van der Waals surface area contributed by atoms with Crippen LogP contribution in [-0.2, 0) is 4.79 Å². The Morgan fingerprint density at radius 3 is 2.63 bits per heavy atom. The van der Waals surface area contributed by atoms with Gasteiger partial charge in [-0.15, -0.1) is 0 Å². The zero-order valence-electron chi connectivity index (χ0n) is 11.7. The van der Waals surface area contributed by atoms with Gasteiger partial charge in [0, 0.05) is 31.3 Å². The highest BCUT2D eigenvalue weighted by Crippen LogP contribution is 2.26. The summed E-state index contributed by atoms with van der Waals surface area (Å²) in [6.07, 6.45) is 0. The number of carbonyl (C=O) groups excluding carboxylic acids is 1. The van der Waals surface area contributed by atoms with E-state index in [1.807, 2.05) is 26.8 Å². The first kappa shape index (κ1) is 13.6. The molecule has 1 saturated heterocycles. The minimum absolute atomic E-state index is 0.0210. The number of phenols is 1. The van der Waals surface area contributed by atoms with Crippen molar-refractivity contribution in [3.63, 3.8) is 0 Å². The molecule has 0 radical (unpaired) electrons. The van der Waals surface area contributed by atoms with Crippen molar-refractivity contribution in [1.82, 2.24) is 5.32 Å². The third kappa shape index (κ3) is 2.63. The smallest absolute Gasteiger partial charge is 0.253 e. The quantitative estimate of drug-likeness (QED) is 0.817. The maximum Gasteiger partial charge on any atom is 0.253 e. The molecule has 1 amide bonds. The Labute approximate surface area is 113 Å². The number of nitrogens with one attached hydrogen (secondary N) is 1. The van der Waals surface area contributed by atoms with Gasteiger partial charge in [-0.2, -0.15) is 0 Å². The van der Waals surface area contributed by atoms with Crippen molar-refractivity contribution in [2.24, 2.45) is 0 Å². The Kier molecular flexibility index (Phi) is 3.90. The molecule has 4 heteroatoms. The highest BCUT2D eigenvalue weighted by molar-refractivity contribution is 6.06. The molecule has 0 aromatic heterocycles. The third-order valence-electron chi connectivity index (χ3n) is 3.57. The zero-order chi connectivity index (χ0) is 14.0. The number of benzene rings is 1. The second kappa shape index (κ2) is 5.45. The molecule has 2 N–H and O–H groups in total. The van der Waals surface area contributed by atoms with Crippen molar-refractivity contribution in [2.75, 3.05) is 24.5 Å². The molecular weight excluding hydrogens is 240 g/mol. The van der Waals surface area contributed by atoms with Gasteiger partial charge in [0.1, 0.15) is 5.75 Å². The van der Waals surface area contributed by atoms with Gasteiger partial charge in [-0.25, -0.2) is 0 Å². The van der Waals surface area contributed by atoms with Crippen molar-refractivity contribution in [3.05, 3.63) is 34.9 Å². The van der Waals surface area contributed by atoms with Gasteiger partial charge in [0.25, 0.3) is 5.91 Å². The van der Waals surface area contributed by atoms with E-state index in [1.54, 1.807) is 17.0 Å². The van der Waals surface area contributed by atoms with E-state index >= 15 is 0 Å². The lowest BCUT2D eigenvalue weighted by Gasteiger charge is -2.27. The minimum atomic E-state index is 0.0210. The summed E-state index contributed by atoms with van der Waals surface area (Å²) in [6, 6.07) is 5.11. The Morgan fingerprint density at radius 1 is 1.42 bits per heavy atom. The summed E-state index contributed by atoms with van der Waals surface area (Å²) in [5.74, 6) is 0.204. The van der Waals surface area contributed by atoms with Crippen LogP contribution in [0.4, 0.5) is 5.69 Å². The summed E-state index contributed by atoms with van der Waals surface area (Å²) in [5.41, 5.74) is 3.74. The van der Waals surface area contributed by atoms with Gasteiger partial charge in [-0.1, -0.05) is 6.07 Å². The Hall–Kier alpha value is -1.81. The first-order chi connectivity index (χ1) is 9.04. The lowest BCUT2D eigenvalue weighted by atomic mass is 10.0. The second-order valence-electron chi connectivity index (χ2n) is 4.85. The van der Waals surface area contributed by atoms with Crippen molar-refractivity contribution in [1.29, 1.82) is 0 Å². The molecule has 0 atom stereocenters. The van der Waals surface area contributed by atoms with Crippen LogP contribution in [0.1, 0.15) is 19.4 Å². The molecule has 0 aliphatic carbocycles. The molecule has 1 aliphatic heterocycles. The topological polar surface area (TPSA) is 52.6 Å². The van der Waals surface area contributed by atoms with E-state index in [0.29, 0.717) is 6.54 Å². The number of phenolic OH excluding ortho intramolecular Hbond substituents is 1. The number of hydrogen-bond acceptors (Lipinski definition) is 3. The average Bonchev–Trinajstić information content (AvgIpc) is 2.32. The maximum absolute atomic E-state index is 12.5. The molecule has 0 bridgehead atoms. The molecule has 0 unspecified atom stereocenters.